The van der Waals surface area contributed by atoms with Gasteiger partial charge in [-0.2, -0.15) is 4.31 Å². The number of rotatable bonds is 4. The number of morpholine rings is 1. The highest BCUT2D eigenvalue weighted by atomic mass is 32.2. The summed E-state index contributed by atoms with van der Waals surface area (Å²) >= 11 is 0. The Bertz CT molecular complexity index is 664. The average Bonchev–Trinajstić information content (AvgIpc) is 2.49. The van der Waals surface area contributed by atoms with E-state index in [1.807, 2.05) is 0 Å². The lowest BCUT2D eigenvalue weighted by atomic mass is 10.3. The van der Waals surface area contributed by atoms with Crippen molar-refractivity contribution >= 4 is 21.6 Å². The van der Waals surface area contributed by atoms with E-state index in [2.05, 4.69) is 5.32 Å². The van der Waals surface area contributed by atoms with Crippen molar-refractivity contribution in [3.05, 3.63) is 24.0 Å². The fraction of sp³-hybridized carbons (Fsp3) is 0.462. The molecule has 1 fully saturated rings. The van der Waals surface area contributed by atoms with Crippen molar-refractivity contribution in [3.63, 3.8) is 0 Å². The van der Waals surface area contributed by atoms with Gasteiger partial charge in [-0.3, -0.25) is 4.79 Å². The molecule has 0 saturated carbocycles. The van der Waals surface area contributed by atoms with Gasteiger partial charge in [0.1, 0.15) is 5.82 Å². The Kier molecular flexibility index (Phi) is 5.12. The molecule has 2 rings (SSSR count). The zero-order chi connectivity index (χ0) is 16.3. The third-order valence-electron chi connectivity index (χ3n) is 3.15. The van der Waals surface area contributed by atoms with Crippen molar-refractivity contribution in [2.75, 3.05) is 32.1 Å². The van der Waals surface area contributed by atoms with Crippen LogP contribution in [0, 0.1) is 5.82 Å². The van der Waals surface area contributed by atoms with Gasteiger partial charge in [0.2, 0.25) is 15.9 Å². The summed E-state index contributed by atoms with van der Waals surface area (Å²) in [5, 5.41) is 2.26. The Hall–Kier alpha value is -1.55. The van der Waals surface area contributed by atoms with E-state index in [-0.39, 0.29) is 30.3 Å². The predicted octanol–water partition coefficient (Wildman–Crippen LogP) is 0.777. The van der Waals surface area contributed by atoms with Crippen molar-refractivity contribution in [2.24, 2.45) is 0 Å². The molecule has 1 saturated heterocycles. The van der Waals surface area contributed by atoms with E-state index in [1.165, 1.54) is 18.3 Å². The van der Waals surface area contributed by atoms with E-state index in [9.17, 15) is 17.6 Å². The van der Waals surface area contributed by atoms with Gasteiger partial charge in [0.15, 0.2) is 6.29 Å². The smallest absolute Gasteiger partial charge is 0.243 e. The van der Waals surface area contributed by atoms with Crippen LogP contribution in [0.25, 0.3) is 0 Å². The number of anilines is 1. The van der Waals surface area contributed by atoms with Gasteiger partial charge in [0.25, 0.3) is 0 Å². The van der Waals surface area contributed by atoms with Gasteiger partial charge in [-0.25, -0.2) is 12.8 Å². The molecule has 0 radical (unpaired) electrons. The first-order valence-corrected chi connectivity index (χ1v) is 8.00. The van der Waals surface area contributed by atoms with Crippen LogP contribution >= 0.6 is 0 Å². The van der Waals surface area contributed by atoms with Crippen LogP contribution in [0.15, 0.2) is 23.1 Å². The summed E-state index contributed by atoms with van der Waals surface area (Å²) in [7, 11) is -2.40. The monoisotopic (exact) mass is 332 g/mol. The van der Waals surface area contributed by atoms with Crippen LogP contribution in [0.3, 0.4) is 0 Å². The maximum absolute atomic E-state index is 13.6. The number of nitrogens with one attached hydrogen (secondary N) is 1. The summed E-state index contributed by atoms with van der Waals surface area (Å²) in [4.78, 5) is 10.9. The highest BCUT2D eigenvalue weighted by Crippen LogP contribution is 2.24. The molecule has 1 aromatic carbocycles. The number of hydrogen-bond donors (Lipinski definition) is 1. The molecule has 1 aromatic rings. The number of methoxy groups -OCH3 is 1. The molecule has 0 spiro atoms. The largest absolute Gasteiger partial charge is 0.354 e. The number of sulfonamides is 1. The Balaban J connectivity index is 2.31. The first-order valence-electron chi connectivity index (χ1n) is 6.56. The van der Waals surface area contributed by atoms with E-state index < -0.39 is 28.0 Å². The van der Waals surface area contributed by atoms with Crippen molar-refractivity contribution in [2.45, 2.75) is 18.1 Å². The first-order chi connectivity index (χ1) is 10.3. The third kappa shape index (κ3) is 3.61. The molecule has 0 aromatic heterocycles. The molecular weight excluding hydrogens is 315 g/mol. The summed E-state index contributed by atoms with van der Waals surface area (Å²) in [6, 6.07) is 3.27. The lowest BCUT2D eigenvalue weighted by molar-refractivity contribution is -0.151. The van der Waals surface area contributed by atoms with E-state index in [1.54, 1.807) is 0 Å². The molecule has 1 atom stereocenters. The minimum absolute atomic E-state index is 0.0473. The van der Waals surface area contributed by atoms with Crippen LogP contribution < -0.4 is 5.32 Å². The predicted molar refractivity (Wildman–Crippen MR) is 76.2 cm³/mol. The van der Waals surface area contributed by atoms with E-state index in [0.717, 1.165) is 18.2 Å². The van der Waals surface area contributed by atoms with Crippen molar-refractivity contribution in [1.82, 2.24) is 4.31 Å². The van der Waals surface area contributed by atoms with Gasteiger partial charge in [-0.15, -0.1) is 0 Å². The number of hydrogen-bond acceptors (Lipinski definition) is 5. The van der Waals surface area contributed by atoms with Crippen LogP contribution in [0.5, 0.6) is 0 Å². The minimum Gasteiger partial charge on any atom is -0.354 e. The molecule has 0 bridgehead atoms. The third-order valence-corrected chi connectivity index (χ3v) is 5.01. The average molecular weight is 332 g/mol. The van der Waals surface area contributed by atoms with Gasteiger partial charge in [-0.05, 0) is 18.2 Å². The SMILES string of the molecule is COC1CN(S(=O)(=O)c2ccc(F)c(NC(C)=O)c2)CCO1. The van der Waals surface area contributed by atoms with Gasteiger partial charge in [0, 0.05) is 20.6 Å². The topological polar surface area (TPSA) is 84.9 Å². The Labute approximate surface area is 128 Å². The number of nitrogens with zero attached hydrogens (tertiary/aromatic N) is 1. The van der Waals surface area contributed by atoms with Crippen molar-refractivity contribution in [1.29, 1.82) is 0 Å². The zero-order valence-corrected chi connectivity index (χ0v) is 13.0. The maximum Gasteiger partial charge on any atom is 0.243 e. The molecule has 0 aliphatic carbocycles. The quantitative estimate of drug-likeness (QED) is 0.881. The molecule has 22 heavy (non-hydrogen) atoms. The molecule has 1 N–H and O–H groups in total. The Morgan fingerprint density at radius 1 is 1.50 bits per heavy atom. The normalized spacial score (nSPS) is 19.9. The van der Waals surface area contributed by atoms with Crippen LogP contribution in [0.1, 0.15) is 6.92 Å². The minimum atomic E-state index is -3.82. The molecule has 122 valence electrons. The zero-order valence-electron chi connectivity index (χ0n) is 12.2. The first kappa shape index (κ1) is 16.8. The van der Waals surface area contributed by atoms with Crippen LogP contribution in [0.4, 0.5) is 10.1 Å². The summed E-state index contributed by atoms with van der Waals surface area (Å²) in [5.74, 6) is -1.19. The number of ether oxygens (including phenoxy) is 2. The molecular formula is C13H17FN2O5S. The summed E-state index contributed by atoms with van der Waals surface area (Å²) in [6.07, 6.45) is -0.640. The van der Waals surface area contributed by atoms with Crippen LogP contribution in [-0.4, -0.2) is 51.7 Å². The number of carbonyl (C=O) groups is 1. The fourth-order valence-electron chi connectivity index (χ4n) is 2.06. The highest BCUT2D eigenvalue weighted by Gasteiger charge is 2.31. The standard InChI is InChI=1S/C13H17FN2O5S/c1-9(17)15-12-7-10(3-4-11(12)14)22(18,19)16-5-6-21-13(8-16)20-2/h3-4,7,13H,5-6,8H2,1-2H3,(H,15,17). The van der Waals surface area contributed by atoms with Crippen LogP contribution in [0.2, 0.25) is 0 Å². The summed E-state index contributed by atoms with van der Waals surface area (Å²) < 4.78 is 50.2. The second-order valence-electron chi connectivity index (χ2n) is 4.72. The van der Waals surface area contributed by atoms with Crippen LogP contribution in [-0.2, 0) is 24.3 Å². The summed E-state index contributed by atoms with van der Waals surface area (Å²) in [5.41, 5.74) is -0.176. The number of halogens is 1. The Morgan fingerprint density at radius 3 is 2.86 bits per heavy atom. The molecule has 1 aliphatic rings. The molecule has 1 unspecified atom stereocenters. The fourth-order valence-corrected chi connectivity index (χ4v) is 3.49. The number of carbonyl (C=O) groups excluding carboxylic acids is 1. The maximum atomic E-state index is 13.6. The number of benzene rings is 1. The van der Waals surface area contributed by atoms with Gasteiger partial charge in [-0.1, -0.05) is 0 Å². The van der Waals surface area contributed by atoms with E-state index >= 15 is 0 Å². The molecule has 9 heteroatoms. The van der Waals surface area contributed by atoms with Crippen molar-refractivity contribution < 1.29 is 27.1 Å². The lowest BCUT2D eigenvalue weighted by Crippen LogP contribution is -2.46. The second kappa shape index (κ2) is 6.69. The molecule has 1 aliphatic heterocycles. The lowest BCUT2D eigenvalue weighted by Gasteiger charge is -2.31. The summed E-state index contributed by atoms with van der Waals surface area (Å²) in [6.45, 7) is 1.64. The Morgan fingerprint density at radius 2 is 2.23 bits per heavy atom. The van der Waals surface area contributed by atoms with Crippen molar-refractivity contribution in [3.8, 4) is 0 Å². The highest BCUT2D eigenvalue weighted by molar-refractivity contribution is 7.89. The number of amides is 1. The molecule has 1 amide bonds. The van der Waals surface area contributed by atoms with Gasteiger partial charge in [0.05, 0.1) is 23.7 Å². The van der Waals surface area contributed by atoms with Gasteiger partial charge >= 0.3 is 0 Å². The van der Waals surface area contributed by atoms with E-state index in [0.29, 0.717) is 0 Å². The molecule has 7 nitrogen and oxygen atoms in total. The second-order valence-corrected chi connectivity index (χ2v) is 6.66. The molecule has 1 heterocycles. The van der Waals surface area contributed by atoms with E-state index in [4.69, 9.17) is 9.47 Å². The van der Waals surface area contributed by atoms with Gasteiger partial charge < -0.3 is 14.8 Å².